The van der Waals surface area contributed by atoms with Crippen LogP contribution in [-0.2, 0) is 61.5 Å². The second-order valence-corrected chi connectivity index (χ2v) is 29.5. The minimum atomic E-state index is -5.54. The normalized spacial score (nSPS) is 17.6. The van der Waals surface area contributed by atoms with Crippen molar-refractivity contribution in [3.05, 3.63) is 0 Å². The number of hydrogen-bond acceptors (Lipinski definition) is 15. The molecule has 0 aliphatic carbocycles. The van der Waals surface area contributed by atoms with Gasteiger partial charge in [0.1, 0.15) is 30.5 Å². The van der Waals surface area contributed by atoms with Crippen LogP contribution >= 0.6 is 7.82 Å². The van der Waals surface area contributed by atoms with E-state index < -0.39 is 131 Å². The van der Waals surface area contributed by atoms with Gasteiger partial charge in [0.05, 0.1) is 38.6 Å². The van der Waals surface area contributed by atoms with E-state index in [1.165, 1.54) is 116 Å². The summed E-state index contributed by atoms with van der Waals surface area (Å²) < 4.78 is 48.6. The number of carboxylic acid groups (broad SMARTS) is 1. The van der Waals surface area contributed by atoms with Crippen molar-refractivity contribution in [1.29, 1.82) is 0 Å². The Balaban J connectivity index is 3.68. The standard InChI is InChI=1S/C77H145N2O18P/c1-6-11-16-21-26-31-32-37-42-47-52-57-71(85)94-65(55-50-45-40-35-29-24-19-14-9-4)60-72(86)96-75-73(79-69(83)59-64(54-49-44-39-34-28-23-18-13-8-3)93-70(84)56-51-46-41-36-30-25-20-15-10-5)77(95-67(61-80)74(75)97-98(89,90)91)92-62-66(76(87)88)78-68(82)58-63(81)53-48-43-38-33-27-22-17-12-7-2/h63-67,73-75,77,80-81H,6-62H2,1-5H3,(H,78,82)(H,79,83)(H,87,88)(H2,89,90,91)/t63-,64-,65-,66+,67-,73-,74-,75-,77?/m1/s1. The third kappa shape index (κ3) is 52.7. The summed E-state index contributed by atoms with van der Waals surface area (Å²) >= 11 is 0. The van der Waals surface area contributed by atoms with Crippen LogP contribution in [-0.4, -0.2) is 129 Å². The summed E-state index contributed by atoms with van der Waals surface area (Å²) in [5.41, 5.74) is 0. The minimum absolute atomic E-state index is 0.135. The number of carboxylic acids is 1. The van der Waals surface area contributed by atoms with Gasteiger partial charge in [-0.15, -0.1) is 0 Å². The van der Waals surface area contributed by atoms with Gasteiger partial charge in [-0.3, -0.25) is 28.5 Å². The van der Waals surface area contributed by atoms with Crippen LogP contribution in [0, 0.1) is 0 Å². The highest BCUT2D eigenvalue weighted by Crippen LogP contribution is 2.42. The quantitative estimate of drug-likeness (QED) is 0.0129. The second-order valence-electron chi connectivity index (χ2n) is 28.3. The van der Waals surface area contributed by atoms with Gasteiger partial charge >= 0.3 is 31.7 Å². The predicted molar refractivity (Wildman–Crippen MR) is 388 cm³/mol. The molecule has 0 spiro atoms. The molecule has 0 radical (unpaired) electrons. The molecule has 98 heavy (non-hydrogen) atoms. The predicted octanol–water partition coefficient (Wildman–Crippen LogP) is 17.9. The summed E-state index contributed by atoms with van der Waals surface area (Å²) in [5.74, 6) is -5.07. The van der Waals surface area contributed by atoms with Gasteiger partial charge in [0.25, 0.3) is 0 Å². The maximum absolute atomic E-state index is 14.7. The molecule has 0 aromatic carbocycles. The lowest BCUT2D eigenvalue weighted by Crippen LogP contribution is -2.66. The molecule has 0 aromatic rings. The second kappa shape index (κ2) is 63.5. The number of rotatable bonds is 70. The van der Waals surface area contributed by atoms with Crippen LogP contribution < -0.4 is 10.6 Å². The van der Waals surface area contributed by atoms with Gasteiger partial charge in [-0.2, -0.15) is 0 Å². The zero-order valence-corrected chi connectivity index (χ0v) is 63.4. The molecule has 576 valence electrons. The molecule has 0 aromatic heterocycles. The third-order valence-corrected chi connectivity index (χ3v) is 19.5. The fourth-order valence-electron chi connectivity index (χ4n) is 13.0. The van der Waals surface area contributed by atoms with Gasteiger partial charge in [0.15, 0.2) is 18.4 Å². The highest BCUT2D eigenvalue weighted by molar-refractivity contribution is 7.46. The van der Waals surface area contributed by atoms with Gasteiger partial charge in [0.2, 0.25) is 11.8 Å². The van der Waals surface area contributed by atoms with Crippen LogP contribution in [0.2, 0.25) is 0 Å². The summed E-state index contributed by atoms with van der Waals surface area (Å²) in [4.78, 5) is 104. The molecule has 1 saturated heterocycles. The maximum Gasteiger partial charge on any atom is 0.470 e. The van der Waals surface area contributed by atoms with Gasteiger partial charge < -0.3 is 59.4 Å². The van der Waals surface area contributed by atoms with Crippen molar-refractivity contribution < 1.29 is 86.6 Å². The highest BCUT2D eigenvalue weighted by Gasteiger charge is 2.52. The molecule has 0 saturated carbocycles. The molecule has 20 nitrogen and oxygen atoms in total. The first kappa shape index (κ1) is 92.8. The Morgan fingerprint density at radius 2 is 0.786 bits per heavy atom. The lowest BCUT2D eigenvalue weighted by molar-refractivity contribution is -0.272. The van der Waals surface area contributed by atoms with E-state index in [9.17, 15) is 58.4 Å². The SMILES string of the molecule is CCCCCCCCCCCCCC(=O)O[C@H](CCCCCCCCCCC)CC(=O)O[C@H]1[C@H](OP(=O)(O)O)[C@@H](CO)OC(OC[C@H](NC(=O)C[C@H](O)CCCCCCCCCCC)C(=O)O)[C@@H]1NC(=O)C[C@@H](CCCCCCCCCCC)OC(=O)CCCCCCCCCCC. The zero-order valence-electron chi connectivity index (χ0n) is 62.5. The van der Waals surface area contributed by atoms with E-state index in [-0.39, 0.29) is 12.8 Å². The van der Waals surface area contributed by atoms with E-state index in [2.05, 4.69) is 45.3 Å². The first-order chi connectivity index (χ1) is 47.4. The number of ether oxygens (including phenoxy) is 5. The molecule has 2 amide bonds. The topological polar surface area (TPSA) is 300 Å². The number of nitrogens with one attached hydrogen (secondary N) is 2. The molecule has 1 heterocycles. The number of aliphatic hydroxyl groups is 2. The Labute approximate surface area is 594 Å². The van der Waals surface area contributed by atoms with E-state index >= 15 is 0 Å². The smallest absolute Gasteiger partial charge is 0.470 e. The number of phosphoric ester groups is 1. The first-order valence-corrected chi connectivity index (χ1v) is 41.6. The maximum atomic E-state index is 14.7. The van der Waals surface area contributed by atoms with E-state index in [1.807, 2.05) is 0 Å². The number of phosphoric acid groups is 1. The average molecular weight is 1420 g/mol. The number of amides is 2. The fraction of sp³-hybridized carbons (Fsp3) is 0.922. The summed E-state index contributed by atoms with van der Waals surface area (Å²) in [7, 11) is -5.54. The van der Waals surface area contributed by atoms with Crippen LogP contribution in [0.1, 0.15) is 388 Å². The van der Waals surface area contributed by atoms with E-state index in [4.69, 9.17) is 28.2 Å². The van der Waals surface area contributed by atoms with Crippen LogP contribution in [0.4, 0.5) is 0 Å². The molecule has 7 N–H and O–H groups in total. The number of esters is 3. The van der Waals surface area contributed by atoms with Crippen molar-refractivity contribution in [2.45, 2.75) is 443 Å². The lowest BCUT2D eigenvalue weighted by atomic mass is 9.95. The summed E-state index contributed by atoms with van der Waals surface area (Å²) in [6.07, 6.45) is 38.9. The van der Waals surface area contributed by atoms with Crippen molar-refractivity contribution in [1.82, 2.24) is 10.6 Å². The zero-order chi connectivity index (χ0) is 72.1. The molecule has 21 heteroatoms. The van der Waals surface area contributed by atoms with E-state index in [1.54, 1.807) is 0 Å². The minimum Gasteiger partial charge on any atom is -0.480 e. The Hall–Kier alpha value is -3.23. The van der Waals surface area contributed by atoms with E-state index in [0.29, 0.717) is 51.4 Å². The Morgan fingerprint density at radius 3 is 1.14 bits per heavy atom. The van der Waals surface area contributed by atoms with Gasteiger partial charge in [-0.05, 0) is 44.9 Å². The third-order valence-electron chi connectivity index (χ3n) is 18.9. The summed E-state index contributed by atoms with van der Waals surface area (Å²) in [6.45, 7) is 9.07. The lowest BCUT2D eigenvalue weighted by Gasteiger charge is -2.45. The number of carbonyl (C=O) groups is 6. The molecule has 1 aliphatic rings. The number of carbonyl (C=O) groups excluding carboxylic acids is 5. The van der Waals surface area contributed by atoms with Crippen LogP contribution in [0.25, 0.3) is 0 Å². The summed E-state index contributed by atoms with van der Waals surface area (Å²) in [6, 6.07) is -3.54. The van der Waals surface area contributed by atoms with Crippen LogP contribution in [0.3, 0.4) is 0 Å². The molecule has 0 bridgehead atoms. The van der Waals surface area contributed by atoms with Gasteiger partial charge in [0, 0.05) is 12.8 Å². The Morgan fingerprint density at radius 1 is 0.439 bits per heavy atom. The largest absolute Gasteiger partial charge is 0.480 e. The van der Waals surface area contributed by atoms with Crippen molar-refractivity contribution in [3.63, 3.8) is 0 Å². The van der Waals surface area contributed by atoms with Crippen molar-refractivity contribution in [2.24, 2.45) is 0 Å². The highest BCUT2D eigenvalue weighted by atomic mass is 31.2. The molecule has 9 atom stereocenters. The number of aliphatic hydroxyl groups excluding tert-OH is 2. The molecule has 1 aliphatic heterocycles. The monoisotopic (exact) mass is 1420 g/mol. The average Bonchev–Trinajstić information content (AvgIpc) is 0.782. The van der Waals surface area contributed by atoms with Gasteiger partial charge in [-0.1, -0.05) is 311 Å². The fourth-order valence-corrected chi connectivity index (χ4v) is 13.6. The van der Waals surface area contributed by atoms with Crippen molar-refractivity contribution in [3.8, 4) is 0 Å². The van der Waals surface area contributed by atoms with Crippen LogP contribution in [0.5, 0.6) is 0 Å². The Kier molecular flexibility index (Phi) is 60.1. The first-order valence-electron chi connectivity index (χ1n) is 40.1. The number of aliphatic carboxylic acids is 1. The van der Waals surface area contributed by atoms with Gasteiger partial charge in [-0.25, -0.2) is 9.36 Å². The number of unbranched alkanes of at least 4 members (excludes halogenated alkanes) is 42. The molecular weight excluding hydrogens is 1270 g/mol. The summed E-state index contributed by atoms with van der Waals surface area (Å²) in [5, 5.41) is 37.3. The van der Waals surface area contributed by atoms with Crippen molar-refractivity contribution >= 4 is 43.5 Å². The molecular formula is C77H145N2O18P. The Bertz CT molecular complexity index is 2010. The van der Waals surface area contributed by atoms with Crippen LogP contribution in [0.15, 0.2) is 0 Å². The van der Waals surface area contributed by atoms with Crippen molar-refractivity contribution in [2.75, 3.05) is 13.2 Å². The molecule has 1 fully saturated rings. The molecule has 1 unspecified atom stereocenters. The molecule has 1 rings (SSSR count). The van der Waals surface area contributed by atoms with E-state index in [0.717, 1.165) is 154 Å². The number of hydrogen-bond donors (Lipinski definition) is 7.